The highest BCUT2D eigenvalue weighted by Gasteiger charge is 2.13. The molecule has 0 fully saturated rings. The molecule has 1 aromatic heterocycles. The van der Waals surface area contributed by atoms with Crippen LogP contribution in [0.2, 0.25) is 5.02 Å². The van der Waals surface area contributed by atoms with Crippen molar-refractivity contribution in [2.75, 3.05) is 12.9 Å². The van der Waals surface area contributed by atoms with Crippen molar-refractivity contribution < 1.29 is 4.79 Å². The minimum atomic E-state index is -0.128. The third-order valence-electron chi connectivity index (χ3n) is 2.12. The number of hydrogen-bond donors (Lipinski definition) is 0. The molecule has 0 radical (unpaired) electrons. The van der Waals surface area contributed by atoms with Gasteiger partial charge in [0.05, 0.1) is 23.5 Å². The van der Waals surface area contributed by atoms with Crippen molar-refractivity contribution in [3.05, 3.63) is 16.9 Å². The maximum atomic E-state index is 11.3. The van der Waals surface area contributed by atoms with E-state index in [4.69, 9.17) is 23.2 Å². The van der Waals surface area contributed by atoms with Crippen molar-refractivity contribution in [1.29, 1.82) is 0 Å². The van der Waals surface area contributed by atoms with E-state index in [1.165, 1.54) is 4.90 Å². The normalized spacial score (nSPS) is 10.4. The fraction of sp³-hybridized carbons (Fsp3) is 0.556. The van der Waals surface area contributed by atoms with Crippen LogP contribution in [0.15, 0.2) is 6.20 Å². The number of rotatable bonds is 4. The van der Waals surface area contributed by atoms with Gasteiger partial charge in [-0.15, -0.1) is 11.6 Å². The monoisotopic (exact) mass is 249 g/mol. The SMILES string of the molecule is CCn1ncc(Cl)c1CN(C)C(=O)CCl. The molecule has 0 N–H and O–H groups in total. The molecule has 0 atom stereocenters. The number of nitrogens with zero attached hydrogens (tertiary/aromatic N) is 3. The summed E-state index contributed by atoms with van der Waals surface area (Å²) in [7, 11) is 1.69. The van der Waals surface area contributed by atoms with Gasteiger partial charge in [-0.05, 0) is 6.92 Å². The summed E-state index contributed by atoms with van der Waals surface area (Å²) in [4.78, 5) is 12.8. The molecule has 0 aliphatic heterocycles. The van der Waals surface area contributed by atoms with Crippen LogP contribution in [0.25, 0.3) is 0 Å². The third kappa shape index (κ3) is 2.86. The molecule has 1 rings (SSSR count). The van der Waals surface area contributed by atoms with Crippen molar-refractivity contribution >= 4 is 29.1 Å². The van der Waals surface area contributed by atoms with Gasteiger partial charge in [-0.1, -0.05) is 11.6 Å². The van der Waals surface area contributed by atoms with Crippen LogP contribution in [0.1, 0.15) is 12.6 Å². The van der Waals surface area contributed by atoms with Gasteiger partial charge in [-0.3, -0.25) is 9.48 Å². The number of amides is 1. The lowest BCUT2D eigenvalue weighted by molar-refractivity contribution is -0.127. The first-order valence-electron chi connectivity index (χ1n) is 4.60. The topological polar surface area (TPSA) is 38.1 Å². The smallest absolute Gasteiger partial charge is 0.237 e. The molecule has 1 amide bonds. The molecular weight excluding hydrogens is 237 g/mol. The van der Waals surface area contributed by atoms with E-state index in [0.29, 0.717) is 11.6 Å². The zero-order chi connectivity index (χ0) is 11.4. The average molecular weight is 250 g/mol. The molecule has 0 spiro atoms. The van der Waals surface area contributed by atoms with Gasteiger partial charge >= 0.3 is 0 Å². The molecule has 0 saturated carbocycles. The highest BCUT2D eigenvalue weighted by Crippen LogP contribution is 2.16. The van der Waals surface area contributed by atoms with Crippen LogP contribution in [-0.2, 0) is 17.9 Å². The van der Waals surface area contributed by atoms with Crippen LogP contribution in [0.3, 0.4) is 0 Å². The largest absolute Gasteiger partial charge is 0.339 e. The lowest BCUT2D eigenvalue weighted by atomic mass is 10.4. The van der Waals surface area contributed by atoms with E-state index in [2.05, 4.69) is 5.10 Å². The summed E-state index contributed by atoms with van der Waals surface area (Å²) in [5.41, 5.74) is 0.833. The molecule has 15 heavy (non-hydrogen) atoms. The number of carbonyl (C=O) groups excluding carboxylic acids is 1. The number of aromatic nitrogens is 2. The van der Waals surface area contributed by atoms with Crippen LogP contribution in [0, 0.1) is 0 Å². The summed E-state index contributed by atoms with van der Waals surface area (Å²) in [5, 5.41) is 4.66. The second-order valence-corrected chi connectivity index (χ2v) is 3.81. The lowest BCUT2D eigenvalue weighted by Crippen LogP contribution is -2.28. The second kappa shape index (κ2) is 5.37. The average Bonchev–Trinajstić information content (AvgIpc) is 2.59. The number of halogens is 2. The Morgan fingerprint density at radius 1 is 1.67 bits per heavy atom. The molecule has 0 aliphatic rings. The van der Waals surface area contributed by atoms with Crippen molar-refractivity contribution in [3.8, 4) is 0 Å². The van der Waals surface area contributed by atoms with E-state index in [1.54, 1.807) is 17.9 Å². The first-order chi connectivity index (χ1) is 7.10. The van der Waals surface area contributed by atoms with E-state index < -0.39 is 0 Å². The Bertz CT molecular complexity index is 351. The Kier molecular flexibility index (Phi) is 4.42. The fourth-order valence-corrected chi connectivity index (χ4v) is 1.64. The number of carbonyl (C=O) groups is 1. The highest BCUT2D eigenvalue weighted by molar-refractivity contribution is 6.31. The van der Waals surface area contributed by atoms with Gasteiger partial charge in [-0.25, -0.2) is 0 Å². The van der Waals surface area contributed by atoms with E-state index in [9.17, 15) is 4.79 Å². The van der Waals surface area contributed by atoms with Crippen LogP contribution < -0.4 is 0 Å². The van der Waals surface area contributed by atoms with Crippen molar-refractivity contribution in [2.24, 2.45) is 0 Å². The summed E-state index contributed by atoms with van der Waals surface area (Å²) in [6.45, 7) is 3.12. The van der Waals surface area contributed by atoms with Gasteiger partial charge in [0.15, 0.2) is 0 Å². The highest BCUT2D eigenvalue weighted by atomic mass is 35.5. The maximum Gasteiger partial charge on any atom is 0.237 e. The van der Waals surface area contributed by atoms with Gasteiger partial charge in [0.2, 0.25) is 5.91 Å². The summed E-state index contributed by atoms with van der Waals surface area (Å²) in [6.07, 6.45) is 1.58. The summed E-state index contributed by atoms with van der Waals surface area (Å²) in [5.74, 6) is -0.148. The van der Waals surface area contributed by atoms with E-state index in [-0.39, 0.29) is 11.8 Å². The van der Waals surface area contributed by atoms with Gasteiger partial charge in [-0.2, -0.15) is 5.10 Å². The lowest BCUT2D eigenvalue weighted by Gasteiger charge is -2.16. The molecule has 0 aliphatic carbocycles. The Balaban J connectivity index is 2.79. The predicted molar refractivity (Wildman–Crippen MR) is 60.1 cm³/mol. The van der Waals surface area contributed by atoms with E-state index in [1.807, 2.05) is 6.92 Å². The van der Waals surface area contributed by atoms with Crippen molar-refractivity contribution in [1.82, 2.24) is 14.7 Å². The minimum Gasteiger partial charge on any atom is -0.339 e. The Labute approximate surface area is 98.8 Å². The van der Waals surface area contributed by atoms with Crippen LogP contribution in [0.5, 0.6) is 0 Å². The molecular formula is C9H13Cl2N3O. The molecule has 4 nitrogen and oxygen atoms in total. The molecule has 0 bridgehead atoms. The third-order valence-corrected chi connectivity index (χ3v) is 2.67. The van der Waals surface area contributed by atoms with Gasteiger partial charge in [0.25, 0.3) is 0 Å². The summed E-state index contributed by atoms with van der Waals surface area (Å²) < 4.78 is 1.76. The Morgan fingerprint density at radius 3 is 2.87 bits per heavy atom. The summed E-state index contributed by atoms with van der Waals surface area (Å²) >= 11 is 11.4. The Morgan fingerprint density at radius 2 is 2.33 bits per heavy atom. The van der Waals surface area contributed by atoms with Gasteiger partial charge in [0.1, 0.15) is 5.88 Å². The molecule has 0 saturated heterocycles. The van der Waals surface area contributed by atoms with E-state index in [0.717, 1.165) is 12.2 Å². The van der Waals surface area contributed by atoms with Crippen molar-refractivity contribution in [2.45, 2.75) is 20.0 Å². The minimum absolute atomic E-state index is 0.0195. The van der Waals surface area contributed by atoms with Gasteiger partial charge < -0.3 is 4.90 Å². The van der Waals surface area contributed by atoms with Crippen LogP contribution >= 0.6 is 23.2 Å². The number of alkyl halides is 1. The van der Waals surface area contributed by atoms with Gasteiger partial charge in [0, 0.05) is 13.6 Å². The molecule has 1 aromatic rings. The van der Waals surface area contributed by atoms with Crippen molar-refractivity contribution in [3.63, 3.8) is 0 Å². The quantitative estimate of drug-likeness (QED) is 0.763. The molecule has 1 heterocycles. The maximum absolute atomic E-state index is 11.3. The molecule has 6 heteroatoms. The molecule has 0 unspecified atom stereocenters. The zero-order valence-corrected chi connectivity index (χ0v) is 10.2. The molecule has 84 valence electrons. The second-order valence-electron chi connectivity index (χ2n) is 3.14. The number of aryl methyl sites for hydroxylation is 1. The number of hydrogen-bond acceptors (Lipinski definition) is 2. The van der Waals surface area contributed by atoms with Crippen LogP contribution in [-0.4, -0.2) is 33.5 Å². The first-order valence-corrected chi connectivity index (χ1v) is 5.51. The van der Waals surface area contributed by atoms with Crippen LogP contribution in [0.4, 0.5) is 0 Å². The Hall–Kier alpha value is -0.740. The molecule has 0 aromatic carbocycles. The van der Waals surface area contributed by atoms with E-state index >= 15 is 0 Å². The summed E-state index contributed by atoms with van der Waals surface area (Å²) in [6, 6.07) is 0. The standard InChI is InChI=1S/C9H13Cl2N3O/c1-3-14-8(7(11)5-12-14)6-13(2)9(15)4-10/h5H,3-4,6H2,1-2H3. The predicted octanol–water partition coefficient (Wildman–Crippen LogP) is 1.75. The fourth-order valence-electron chi connectivity index (χ4n) is 1.23. The zero-order valence-electron chi connectivity index (χ0n) is 8.70. The first kappa shape index (κ1) is 12.3.